The Labute approximate surface area is 157 Å². The van der Waals surface area contributed by atoms with Crippen LogP contribution in [0.4, 0.5) is 0 Å². The van der Waals surface area contributed by atoms with E-state index in [1.165, 1.54) is 19.3 Å². The lowest BCUT2D eigenvalue weighted by Crippen LogP contribution is -2.59. The van der Waals surface area contributed by atoms with Gasteiger partial charge in [0.2, 0.25) is 11.8 Å². The molecule has 0 saturated heterocycles. The zero-order valence-electron chi connectivity index (χ0n) is 16.7. The van der Waals surface area contributed by atoms with Crippen LogP contribution >= 0.6 is 0 Å². The second-order valence-corrected chi connectivity index (χ2v) is 10.1. The molecule has 2 N–H and O–H groups in total. The number of rotatable bonds is 2. The van der Waals surface area contributed by atoms with Crippen molar-refractivity contribution in [1.82, 2.24) is 10.6 Å². The molecule has 0 aromatic rings. The first-order valence-corrected chi connectivity index (χ1v) is 10.6. The third kappa shape index (κ3) is 2.55. The van der Waals surface area contributed by atoms with Crippen LogP contribution in [0, 0.1) is 34.5 Å². The lowest BCUT2D eigenvalue weighted by molar-refractivity contribution is -0.134. The maximum Gasteiger partial charge on any atom is 0.243 e. The summed E-state index contributed by atoms with van der Waals surface area (Å²) in [6.07, 6.45) is 10.8. The molecule has 0 bridgehead atoms. The van der Waals surface area contributed by atoms with E-state index < -0.39 is 0 Å². The average molecular weight is 359 g/mol. The summed E-state index contributed by atoms with van der Waals surface area (Å²) in [5.74, 6) is 2.47. The van der Waals surface area contributed by atoms with Crippen LogP contribution in [-0.4, -0.2) is 23.9 Å². The predicted molar refractivity (Wildman–Crippen MR) is 102 cm³/mol. The van der Waals surface area contributed by atoms with Gasteiger partial charge in [-0.05, 0) is 81.6 Å². The highest BCUT2D eigenvalue weighted by atomic mass is 16.2. The SMILES string of the molecule is CC(C)NC(=O)C1CC[C@H]2[C@@H]3CCC4NC(=O)C=C[C@]4(C)[C@@H]3CC[C@]12C. The van der Waals surface area contributed by atoms with Crippen molar-refractivity contribution in [3.05, 3.63) is 12.2 Å². The van der Waals surface area contributed by atoms with Crippen LogP contribution in [0.5, 0.6) is 0 Å². The number of amides is 2. The van der Waals surface area contributed by atoms with E-state index in [2.05, 4.69) is 44.4 Å². The number of carbonyl (C=O) groups is 2. The van der Waals surface area contributed by atoms with E-state index in [0.717, 1.165) is 19.3 Å². The van der Waals surface area contributed by atoms with Gasteiger partial charge in [-0.1, -0.05) is 19.9 Å². The Kier molecular flexibility index (Phi) is 4.24. The van der Waals surface area contributed by atoms with Gasteiger partial charge in [0.1, 0.15) is 0 Å². The van der Waals surface area contributed by atoms with Crippen LogP contribution in [-0.2, 0) is 9.59 Å². The zero-order chi connectivity index (χ0) is 18.7. The van der Waals surface area contributed by atoms with Gasteiger partial charge in [0, 0.05) is 23.4 Å². The molecule has 0 aromatic carbocycles. The first-order valence-electron chi connectivity index (χ1n) is 10.6. The van der Waals surface area contributed by atoms with E-state index in [0.29, 0.717) is 17.8 Å². The lowest BCUT2D eigenvalue weighted by Gasteiger charge is -2.58. The molecule has 3 saturated carbocycles. The monoisotopic (exact) mass is 358 g/mol. The van der Waals surface area contributed by atoms with Crippen molar-refractivity contribution in [3.8, 4) is 0 Å². The minimum absolute atomic E-state index is 0.0675. The molecular formula is C22H34N2O2. The molecular weight excluding hydrogens is 324 g/mol. The van der Waals surface area contributed by atoms with Gasteiger partial charge in [0.15, 0.2) is 0 Å². The second-order valence-electron chi connectivity index (χ2n) is 10.1. The molecule has 0 radical (unpaired) electrons. The summed E-state index contributed by atoms with van der Waals surface area (Å²) in [7, 11) is 0. The fraction of sp³-hybridized carbons (Fsp3) is 0.818. The summed E-state index contributed by atoms with van der Waals surface area (Å²) < 4.78 is 0. The van der Waals surface area contributed by atoms with Crippen molar-refractivity contribution in [2.75, 3.05) is 0 Å². The van der Waals surface area contributed by atoms with Crippen LogP contribution in [0.2, 0.25) is 0 Å². The molecule has 2 amide bonds. The van der Waals surface area contributed by atoms with Gasteiger partial charge in [-0.2, -0.15) is 0 Å². The van der Waals surface area contributed by atoms with E-state index >= 15 is 0 Å². The van der Waals surface area contributed by atoms with Crippen LogP contribution < -0.4 is 10.6 Å². The Morgan fingerprint density at radius 1 is 1.15 bits per heavy atom. The smallest absolute Gasteiger partial charge is 0.243 e. The van der Waals surface area contributed by atoms with E-state index in [1.54, 1.807) is 6.08 Å². The Morgan fingerprint density at radius 2 is 1.92 bits per heavy atom. The molecule has 7 atom stereocenters. The van der Waals surface area contributed by atoms with Gasteiger partial charge < -0.3 is 10.6 Å². The molecule has 0 aromatic heterocycles. The van der Waals surface area contributed by atoms with Gasteiger partial charge in [-0.3, -0.25) is 9.59 Å². The number of hydrogen-bond donors (Lipinski definition) is 2. The number of hydrogen-bond acceptors (Lipinski definition) is 2. The molecule has 1 heterocycles. The molecule has 2 unspecified atom stereocenters. The van der Waals surface area contributed by atoms with Crippen LogP contribution in [0.3, 0.4) is 0 Å². The standard InChI is InChI=1S/C22H34N2O2/c1-13(2)23-20(26)17-7-6-15-14-5-8-18-22(4,12-10-19(25)24-18)16(14)9-11-21(15,17)3/h10,12-18H,5-9,11H2,1-4H3,(H,23,26)(H,24,25)/t14-,15-,16+,17?,18?,21-,22+/m0/s1. The molecule has 4 aliphatic rings. The fourth-order valence-electron chi connectivity index (χ4n) is 7.15. The number of carbonyl (C=O) groups excluding carboxylic acids is 2. The highest BCUT2D eigenvalue weighted by molar-refractivity contribution is 5.89. The minimum Gasteiger partial charge on any atom is -0.354 e. The summed E-state index contributed by atoms with van der Waals surface area (Å²) in [6.45, 7) is 8.84. The van der Waals surface area contributed by atoms with E-state index in [9.17, 15) is 9.59 Å². The first-order chi connectivity index (χ1) is 12.3. The normalized spacial score (nSPS) is 47.0. The van der Waals surface area contributed by atoms with Crippen molar-refractivity contribution in [2.24, 2.45) is 34.5 Å². The predicted octanol–water partition coefficient (Wildman–Crippen LogP) is 3.42. The van der Waals surface area contributed by atoms with Crippen molar-refractivity contribution < 1.29 is 9.59 Å². The van der Waals surface area contributed by atoms with Gasteiger partial charge in [-0.25, -0.2) is 0 Å². The van der Waals surface area contributed by atoms with Crippen molar-refractivity contribution in [1.29, 1.82) is 0 Å². The van der Waals surface area contributed by atoms with Crippen molar-refractivity contribution in [2.45, 2.75) is 78.3 Å². The molecule has 4 rings (SSSR count). The molecule has 3 aliphatic carbocycles. The molecule has 144 valence electrons. The first kappa shape index (κ1) is 18.1. The fourth-order valence-corrected chi connectivity index (χ4v) is 7.15. The molecule has 0 spiro atoms. The Morgan fingerprint density at radius 3 is 2.65 bits per heavy atom. The lowest BCUT2D eigenvalue weighted by atomic mass is 9.48. The molecule has 4 nitrogen and oxygen atoms in total. The van der Waals surface area contributed by atoms with E-state index in [-0.39, 0.29) is 40.6 Å². The van der Waals surface area contributed by atoms with Crippen molar-refractivity contribution >= 4 is 11.8 Å². The zero-order valence-corrected chi connectivity index (χ0v) is 16.7. The topological polar surface area (TPSA) is 58.2 Å². The summed E-state index contributed by atoms with van der Waals surface area (Å²) in [5.41, 5.74) is 0.224. The summed E-state index contributed by atoms with van der Waals surface area (Å²) in [5, 5.41) is 6.39. The van der Waals surface area contributed by atoms with Gasteiger partial charge in [0.05, 0.1) is 0 Å². The maximum absolute atomic E-state index is 12.8. The summed E-state index contributed by atoms with van der Waals surface area (Å²) >= 11 is 0. The Bertz CT molecular complexity index is 642. The third-order valence-corrected chi connectivity index (χ3v) is 8.43. The Hall–Kier alpha value is -1.32. The molecule has 3 fully saturated rings. The quantitative estimate of drug-likeness (QED) is 0.794. The van der Waals surface area contributed by atoms with Crippen molar-refractivity contribution in [3.63, 3.8) is 0 Å². The number of nitrogens with one attached hydrogen (secondary N) is 2. The maximum atomic E-state index is 12.8. The Balaban J connectivity index is 1.59. The highest BCUT2D eigenvalue weighted by Crippen LogP contribution is 2.64. The third-order valence-electron chi connectivity index (χ3n) is 8.43. The van der Waals surface area contributed by atoms with Crippen LogP contribution in [0.25, 0.3) is 0 Å². The summed E-state index contributed by atoms with van der Waals surface area (Å²) in [6, 6.07) is 0.499. The summed E-state index contributed by atoms with van der Waals surface area (Å²) in [4.78, 5) is 24.7. The largest absolute Gasteiger partial charge is 0.354 e. The van der Waals surface area contributed by atoms with Gasteiger partial charge in [-0.15, -0.1) is 0 Å². The second kappa shape index (κ2) is 6.10. The molecule has 1 aliphatic heterocycles. The number of fused-ring (bicyclic) bond motifs is 5. The van der Waals surface area contributed by atoms with Gasteiger partial charge in [0.25, 0.3) is 0 Å². The van der Waals surface area contributed by atoms with Crippen LogP contribution in [0.1, 0.15) is 66.2 Å². The molecule has 26 heavy (non-hydrogen) atoms. The van der Waals surface area contributed by atoms with E-state index in [4.69, 9.17) is 0 Å². The average Bonchev–Trinajstić information content (AvgIpc) is 2.92. The minimum atomic E-state index is 0.0675. The van der Waals surface area contributed by atoms with Gasteiger partial charge >= 0.3 is 0 Å². The highest BCUT2D eigenvalue weighted by Gasteiger charge is 2.60. The van der Waals surface area contributed by atoms with E-state index in [1.807, 2.05) is 0 Å². The van der Waals surface area contributed by atoms with Crippen LogP contribution in [0.15, 0.2) is 12.2 Å². The molecule has 4 heteroatoms.